The molecule has 1 unspecified atom stereocenters. The van der Waals surface area contributed by atoms with E-state index in [1.54, 1.807) is 7.11 Å². The second-order valence-corrected chi connectivity index (χ2v) is 4.60. The predicted octanol–water partition coefficient (Wildman–Crippen LogP) is 2.08. The highest BCUT2D eigenvalue weighted by Crippen LogP contribution is 2.19. The van der Waals surface area contributed by atoms with Gasteiger partial charge in [-0.1, -0.05) is 0 Å². The number of furan rings is 1. The lowest BCUT2D eigenvalue weighted by Gasteiger charge is -2.10. The van der Waals surface area contributed by atoms with Crippen LogP contribution in [0.5, 0.6) is 0 Å². The summed E-state index contributed by atoms with van der Waals surface area (Å²) >= 11 is 0. The molecule has 96 valence electrons. The van der Waals surface area contributed by atoms with Crippen LogP contribution in [0.2, 0.25) is 0 Å². The summed E-state index contributed by atoms with van der Waals surface area (Å²) in [6, 6.07) is 4.69. The minimum atomic E-state index is 0.0955. The smallest absolute Gasteiger partial charge is 0.129 e. The number of ether oxygens (including phenoxy) is 2. The first-order valence-corrected chi connectivity index (χ1v) is 6.19. The Morgan fingerprint density at radius 3 is 2.88 bits per heavy atom. The van der Waals surface area contributed by atoms with Crippen LogP contribution in [-0.2, 0) is 22.6 Å². The van der Waals surface area contributed by atoms with Gasteiger partial charge in [-0.2, -0.15) is 0 Å². The van der Waals surface area contributed by atoms with Gasteiger partial charge in [0.25, 0.3) is 0 Å². The Morgan fingerprint density at radius 2 is 2.18 bits per heavy atom. The molecule has 1 N–H and O–H groups in total. The van der Waals surface area contributed by atoms with Gasteiger partial charge in [0.15, 0.2) is 0 Å². The summed E-state index contributed by atoms with van der Waals surface area (Å²) in [4.78, 5) is 0. The van der Waals surface area contributed by atoms with Crippen molar-refractivity contribution in [1.82, 2.24) is 5.32 Å². The highest BCUT2D eigenvalue weighted by molar-refractivity contribution is 5.06. The molecule has 1 atom stereocenters. The van der Waals surface area contributed by atoms with E-state index in [-0.39, 0.29) is 6.10 Å². The molecule has 0 spiro atoms. The van der Waals surface area contributed by atoms with Gasteiger partial charge in [-0.05, 0) is 31.9 Å². The molecule has 1 aromatic heterocycles. The Labute approximate surface area is 102 Å². The average molecular weight is 239 g/mol. The lowest BCUT2D eigenvalue weighted by Crippen LogP contribution is -2.15. The van der Waals surface area contributed by atoms with E-state index in [0.29, 0.717) is 19.3 Å². The summed E-state index contributed by atoms with van der Waals surface area (Å²) in [7, 11) is 1.68. The molecule has 1 aromatic rings. The molecule has 0 aromatic carbocycles. The third-order valence-corrected chi connectivity index (χ3v) is 2.77. The maximum atomic E-state index is 5.66. The van der Waals surface area contributed by atoms with Gasteiger partial charge in [-0.25, -0.2) is 0 Å². The number of hydrogen-bond acceptors (Lipinski definition) is 4. The highest BCUT2D eigenvalue weighted by Gasteiger charge is 2.20. The van der Waals surface area contributed by atoms with Gasteiger partial charge in [0.05, 0.1) is 19.3 Å². The molecular weight excluding hydrogens is 218 g/mol. The van der Waals surface area contributed by atoms with Crippen LogP contribution in [0, 0.1) is 0 Å². The van der Waals surface area contributed by atoms with Gasteiger partial charge in [-0.3, -0.25) is 0 Å². The molecule has 1 heterocycles. The van der Waals surface area contributed by atoms with Crippen molar-refractivity contribution >= 4 is 0 Å². The predicted molar refractivity (Wildman–Crippen MR) is 64.7 cm³/mol. The Morgan fingerprint density at radius 1 is 1.41 bits per heavy atom. The van der Waals surface area contributed by atoms with Crippen LogP contribution in [0.1, 0.15) is 31.3 Å². The molecule has 2 rings (SSSR count). The average Bonchev–Trinajstić information content (AvgIpc) is 3.03. The largest absolute Gasteiger partial charge is 0.462 e. The molecule has 1 aliphatic rings. The summed E-state index contributed by atoms with van der Waals surface area (Å²) in [5.41, 5.74) is 0. The first-order valence-electron chi connectivity index (χ1n) is 6.19. The van der Waals surface area contributed by atoms with Crippen molar-refractivity contribution in [1.29, 1.82) is 0 Å². The lowest BCUT2D eigenvalue weighted by atomic mass is 10.4. The van der Waals surface area contributed by atoms with Crippen molar-refractivity contribution < 1.29 is 13.9 Å². The summed E-state index contributed by atoms with van der Waals surface area (Å²) < 4.78 is 16.2. The third kappa shape index (κ3) is 4.50. The molecule has 0 bridgehead atoms. The normalized spacial score (nSPS) is 17.3. The molecule has 0 amide bonds. The second-order valence-electron chi connectivity index (χ2n) is 4.60. The van der Waals surface area contributed by atoms with Crippen LogP contribution >= 0.6 is 0 Å². The van der Waals surface area contributed by atoms with E-state index in [1.807, 2.05) is 19.1 Å². The van der Waals surface area contributed by atoms with Crippen molar-refractivity contribution in [2.24, 2.45) is 0 Å². The monoisotopic (exact) mass is 239 g/mol. The molecule has 17 heavy (non-hydrogen) atoms. The van der Waals surface area contributed by atoms with Crippen LogP contribution in [0.3, 0.4) is 0 Å². The molecule has 0 radical (unpaired) electrons. The van der Waals surface area contributed by atoms with Gasteiger partial charge in [0, 0.05) is 13.2 Å². The fourth-order valence-corrected chi connectivity index (χ4v) is 1.63. The molecule has 1 saturated carbocycles. The fourth-order valence-electron chi connectivity index (χ4n) is 1.63. The van der Waals surface area contributed by atoms with Crippen LogP contribution in [-0.4, -0.2) is 25.9 Å². The Bertz CT molecular complexity index is 333. The standard InChI is InChI=1S/C13H21NO3/c1-10(8-15-2)16-9-13-6-5-12(17-13)7-14-11-3-4-11/h5-6,10-11,14H,3-4,7-9H2,1-2H3. The van der Waals surface area contributed by atoms with Crippen molar-refractivity contribution in [3.05, 3.63) is 23.7 Å². The van der Waals surface area contributed by atoms with E-state index >= 15 is 0 Å². The Kier molecular flexibility index (Phi) is 4.59. The maximum absolute atomic E-state index is 5.66. The summed E-state index contributed by atoms with van der Waals surface area (Å²) in [5, 5.41) is 3.42. The molecule has 1 aliphatic carbocycles. The Hall–Kier alpha value is -0.840. The zero-order valence-electron chi connectivity index (χ0n) is 10.6. The first-order chi connectivity index (χ1) is 8.28. The van der Waals surface area contributed by atoms with Gasteiger partial charge in [0.1, 0.15) is 18.1 Å². The minimum Gasteiger partial charge on any atom is -0.462 e. The van der Waals surface area contributed by atoms with Crippen molar-refractivity contribution in [3.8, 4) is 0 Å². The van der Waals surface area contributed by atoms with Gasteiger partial charge < -0.3 is 19.2 Å². The fraction of sp³-hybridized carbons (Fsp3) is 0.692. The molecule has 0 aliphatic heterocycles. The number of hydrogen-bond donors (Lipinski definition) is 1. The van der Waals surface area contributed by atoms with Crippen molar-refractivity contribution in [3.63, 3.8) is 0 Å². The Balaban J connectivity index is 1.69. The van der Waals surface area contributed by atoms with E-state index in [4.69, 9.17) is 13.9 Å². The molecular formula is C13H21NO3. The molecule has 4 nitrogen and oxygen atoms in total. The maximum Gasteiger partial charge on any atom is 0.129 e. The van der Waals surface area contributed by atoms with Gasteiger partial charge >= 0.3 is 0 Å². The van der Waals surface area contributed by atoms with Crippen molar-refractivity contribution in [2.45, 2.75) is 45.1 Å². The molecule has 4 heteroatoms. The number of rotatable bonds is 8. The van der Waals surface area contributed by atoms with Crippen LogP contribution in [0.4, 0.5) is 0 Å². The van der Waals surface area contributed by atoms with E-state index in [1.165, 1.54) is 12.8 Å². The summed E-state index contributed by atoms with van der Waals surface area (Å²) in [5.74, 6) is 1.86. The van der Waals surface area contributed by atoms with E-state index < -0.39 is 0 Å². The minimum absolute atomic E-state index is 0.0955. The SMILES string of the molecule is COCC(C)OCc1ccc(CNC2CC2)o1. The first kappa shape index (κ1) is 12.6. The molecule has 0 saturated heterocycles. The number of methoxy groups -OCH3 is 1. The summed E-state index contributed by atoms with van der Waals surface area (Å²) in [6.07, 6.45) is 2.69. The van der Waals surface area contributed by atoms with Gasteiger partial charge in [0.2, 0.25) is 0 Å². The van der Waals surface area contributed by atoms with Crippen LogP contribution in [0.25, 0.3) is 0 Å². The molecule has 1 fully saturated rings. The zero-order valence-corrected chi connectivity index (χ0v) is 10.6. The van der Waals surface area contributed by atoms with E-state index in [0.717, 1.165) is 18.1 Å². The lowest BCUT2D eigenvalue weighted by molar-refractivity contribution is -0.00665. The summed E-state index contributed by atoms with van der Waals surface area (Å²) in [6.45, 7) is 3.92. The third-order valence-electron chi connectivity index (χ3n) is 2.77. The van der Waals surface area contributed by atoms with Crippen LogP contribution in [0.15, 0.2) is 16.5 Å². The van der Waals surface area contributed by atoms with Gasteiger partial charge in [-0.15, -0.1) is 0 Å². The quantitative estimate of drug-likeness (QED) is 0.754. The van der Waals surface area contributed by atoms with Crippen LogP contribution < -0.4 is 5.32 Å². The van der Waals surface area contributed by atoms with Crippen molar-refractivity contribution in [2.75, 3.05) is 13.7 Å². The topological polar surface area (TPSA) is 43.6 Å². The zero-order chi connectivity index (χ0) is 12.1. The second kappa shape index (κ2) is 6.19. The number of nitrogens with one attached hydrogen (secondary N) is 1. The van der Waals surface area contributed by atoms with E-state index in [9.17, 15) is 0 Å². The highest BCUT2D eigenvalue weighted by atomic mass is 16.5. The van der Waals surface area contributed by atoms with E-state index in [2.05, 4.69) is 5.32 Å².